The van der Waals surface area contributed by atoms with Gasteiger partial charge in [0, 0.05) is 13.7 Å². The molecule has 0 saturated heterocycles. The fourth-order valence-corrected chi connectivity index (χ4v) is 1.23. The summed E-state index contributed by atoms with van der Waals surface area (Å²) in [5.74, 6) is 5.47. The zero-order valence-corrected chi connectivity index (χ0v) is 9.74. The van der Waals surface area contributed by atoms with E-state index in [1.165, 1.54) is 12.1 Å². The summed E-state index contributed by atoms with van der Waals surface area (Å²) < 4.78 is 17.8. The van der Waals surface area contributed by atoms with Crippen LogP contribution in [0.4, 0.5) is 4.39 Å². The summed E-state index contributed by atoms with van der Waals surface area (Å²) in [5.41, 5.74) is 3.22. The highest BCUT2D eigenvalue weighted by molar-refractivity contribution is 5.79. The second kappa shape index (κ2) is 7.59. The van der Waals surface area contributed by atoms with Crippen molar-refractivity contribution < 1.29 is 9.13 Å². The topological polar surface area (TPSA) is 71.7 Å². The number of nitrogens with two attached hydrogens (primary N) is 1. The maximum absolute atomic E-state index is 12.9. The summed E-state index contributed by atoms with van der Waals surface area (Å²) in [6, 6.07) is 6.28. The van der Waals surface area contributed by atoms with Gasteiger partial charge in [0.25, 0.3) is 0 Å². The van der Waals surface area contributed by atoms with E-state index in [4.69, 9.17) is 10.6 Å². The summed E-state index contributed by atoms with van der Waals surface area (Å²) in [5, 5.41) is 2.95. The number of methoxy groups -OCH3 is 1. The molecule has 0 unspecified atom stereocenters. The molecule has 0 saturated carbocycles. The van der Waals surface area contributed by atoms with Gasteiger partial charge in [-0.25, -0.2) is 15.2 Å². The zero-order valence-electron chi connectivity index (χ0n) is 9.74. The number of hydrogen-bond donors (Lipinski definition) is 3. The average molecular weight is 240 g/mol. The Morgan fingerprint density at radius 2 is 2.35 bits per heavy atom. The fourth-order valence-electron chi connectivity index (χ4n) is 1.23. The lowest BCUT2D eigenvalue weighted by atomic mass is 10.2. The van der Waals surface area contributed by atoms with E-state index >= 15 is 0 Å². The lowest BCUT2D eigenvalue weighted by Crippen LogP contribution is -2.42. The van der Waals surface area contributed by atoms with Crippen molar-refractivity contribution in [2.45, 2.75) is 6.54 Å². The van der Waals surface area contributed by atoms with Gasteiger partial charge in [0.05, 0.1) is 13.2 Å². The molecule has 6 heteroatoms. The van der Waals surface area contributed by atoms with Gasteiger partial charge in [-0.15, -0.1) is 0 Å². The van der Waals surface area contributed by atoms with Gasteiger partial charge in [-0.2, -0.15) is 0 Å². The molecule has 0 amide bonds. The Balaban J connectivity index is 2.49. The van der Waals surface area contributed by atoms with Crippen LogP contribution in [-0.2, 0) is 11.3 Å². The van der Waals surface area contributed by atoms with E-state index in [1.54, 1.807) is 19.2 Å². The third kappa shape index (κ3) is 5.28. The third-order valence-corrected chi connectivity index (χ3v) is 2.04. The van der Waals surface area contributed by atoms with E-state index in [0.717, 1.165) is 5.56 Å². The van der Waals surface area contributed by atoms with E-state index in [0.29, 0.717) is 25.7 Å². The molecule has 0 aliphatic heterocycles. The molecule has 5 nitrogen and oxygen atoms in total. The second-order valence-corrected chi connectivity index (χ2v) is 3.36. The van der Waals surface area contributed by atoms with Gasteiger partial charge in [-0.05, 0) is 17.7 Å². The molecule has 0 aliphatic rings. The molecule has 0 spiro atoms. The van der Waals surface area contributed by atoms with Gasteiger partial charge in [0.15, 0.2) is 0 Å². The Kier molecular flexibility index (Phi) is 5.98. The molecule has 17 heavy (non-hydrogen) atoms. The Hall–Kier alpha value is -1.66. The van der Waals surface area contributed by atoms with Crippen LogP contribution in [0.3, 0.4) is 0 Å². The number of ether oxygens (including phenoxy) is 1. The van der Waals surface area contributed by atoms with Crippen molar-refractivity contribution in [3.63, 3.8) is 0 Å². The highest BCUT2D eigenvalue weighted by atomic mass is 19.1. The molecule has 0 heterocycles. The van der Waals surface area contributed by atoms with E-state index < -0.39 is 0 Å². The lowest BCUT2D eigenvalue weighted by molar-refractivity contribution is 0.203. The van der Waals surface area contributed by atoms with E-state index in [-0.39, 0.29) is 5.82 Å². The van der Waals surface area contributed by atoms with Crippen LogP contribution in [0, 0.1) is 5.82 Å². The number of halogens is 1. The smallest absolute Gasteiger partial charge is 0.206 e. The number of hydrogen-bond acceptors (Lipinski definition) is 3. The summed E-state index contributed by atoms with van der Waals surface area (Å²) in [6.45, 7) is 1.51. The van der Waals surface area contributed by atoms with Crippen molar-refractivity contribution in [1.29, 1.82) is 0 Å². The predicted octanol–water partition coefficient (Wildman–Crippen LogP) is 0.381. The molecule has 0 fully saturated rings. The van der Waals surface area contributed by atoms with Gasteiger partial charge in [-0.1, -0.05) is 12.1 Å². The van der Waals surface area contributed by atoms with Crippen LogP contribution >= 0.6 is 0 Å². The molecular weight excluding hydrogens is 223 g/mol. The highest BCUT2D eigenvalue weighted by Gasteiger charge is 1.97. The summed E-state index contributed by atoms with van der Waals surface area (Å²) in [7, 11) is 1.61. The third-order valence-electron chi connectivity index (χ3n) is 2.04. The van der Waals surface area contributed by atoms with Crippen molar-refractivity contribution in [1.82, 2.24) is 10.7 Å². The molecule has 4 N–H and O–H groups in total. The van der Waals surface area contributed by atoms with Crippen molar-refractivity contribution in [2.24, 2.45) is 10.8 Å². The molecule has 0 radical (unpaired) electrons. The minimum absolute atomic E-state index is 0.271. The summed E-state index contributed by atoms with van der Waals surface area (Å²) in [6.07, 6.45) is 0. The van der Waals surface area contributed by atoms with E-state index in [1.807, 2.05) is 0 Å². The monoisotopic (exact) mass is 240 g/mol. The minimum atomic E-state index is -0.271. The van der Waals surface area contributed by atoms with Crippen molar-refractivity contribution in [3.8, 4) is 0 Å². The van der Waals surface area contributed by atoms with Crippen molar-refractivity contribution >= 4 is 5.96 Å². The Bertz CT molecular complexity index is 370. The largest absolute Gasteiger partial charge is 0.383 e. The van der Waals surface area contributed by atoms with Gasteiger partial charge in [-0.3, -0.25) is 5.43 Å². The first-order valence-corrected chi connectivity index (χ1v) is 5.24. The maximum Gasteiger partial charge on any atom is 0.206 e. The number of aliphatic imine (C=N–C) groups is 1. The summed E-state index contributed by atoms with van der Waals surface area (Å²) >= 11 is 0. The maximum atomic E-state index is 12.9. The minimum Gasteiger partial charge on any atom is -0.383 e. The number of guanidine groups is 1. The van der Waals surface area contributed by atoms with Crippen molar-refractivity contribution in [2.75, 3.05) is 20.3 Å². The zero-order chi connectivity index (χ0) is 12.5. The molecule has 0 aromatic heterocycles. The molecular formula is C11H17FN4O. The molecule has 1 aromatic rings. The standard InChI is InChI=1S/C11H17FN4O/c1-17-6-5-14-11(16-13)15-8-9-3-2-4-10(12)7-9/h2-4,7H,5-6,8,13H2,1H3,(H2,14,15,16). The SMILES string of the molecule is COCCNC(=NCc1cccc(F)c1)NN. The van der Waals surface area contributed by atoms with E-state index in [9.17, 15) is 4.39 Å². The number of hydrazine groups is 1. The highest BCUT2D eigenvalue weighted by Crippen LogP contribution is 2.04. The molecule has 1 aromatic carbocycles. The molecule has 1 rings (SSSR count). The molecule has 94 valence electrons. The summed E-state index contributed by atoms with van der Waals surface area (Å²) in [4.78, 5) is 4.17. The van der Waals surface area contributed by atoms with Crippen LogP contribution in [-0.4, -0.2) is 26.2 Å². The van der Waals surface area contributed by atoms with Crippen LogP contribution in [0.5, 0.6) is 0 Å². The number of nitrogens with zero attached hydrogens (tertiary/aromatic N) is 1. The average Bonchev–Trinajstić information content (AvgIpc) is 2.34. The first kappa shape index (κ1) is 13.4. The van der Waals surface area contributed by atoms with Crippen LogP contribution in [0.15, 0.2) is 29.3 Å². The van der Waals surface area contributed by atoms with Gasteiger partial charge in [0.2, 0.25) is 5.96 Å². The van der Waals surface area contributed by atoms with Crippen LogP contribution in [0.2, 0.25) is 0 Å². The van der Waals surface area contributed by atoms with Crippen LogP contribution in [0.1, 0.15) is 5.56 Å². The quantitative estimate of drug-likeness (QED) is 0.229. The van der Waals surface area contributed by atoms with Gasteiger partial charge < -0.3 is 10.1 Å². The van der Waals surface area contributed by atoms with Crippen molar-refractivity contribution in [3.05, 3.63) is 35.6 Å². The Labute approximate surface area is 99.8 Å². The number of rotatable bonds is 5. The predicted molar refractivity (Wildman–Crippen MR) is 64.7 cm³/mol. The second-order valence-electron chi connectivity index (χ2n) is 3.36. The molecule has 0 aliphatic carbocycles. The Morgan fingerprint density at radius 1 is 1.53 bits per heavy atom. The van der Waals surface area contributed by atoms with Gasteiger partial charge >= 0.3 is 0 Å². The first-order valence-electron chi connectivity index (χ1n) is 5.24. The number of nitrogens with one attached hydrogen (secondary N) is 2. The number of benzene rings is 1. The van der Waals surface area contributed by atoms with Gasteiger partial charge in [0.1, 0.15) is 5.82 Å². The molecule has 0 bridgehead atoms. The van der Waals surface area contributed by atoms with Crippen LogP contribution in [0.25, 0.3) is 0 Å². The van der Waals surface area contributed by atoms with Crippen LogP contribution < -0.4 is 16.6 Å². The normalized spacial score (nSPS) is 11.4. The Morgan fingerprint density at radius 3 is 3.00 bits per heavy atom. The van der Waals surface area contributed by atoms with E-state index in [2.05, 4.69) is 15.7 Å². The fraction of sp³-hybridized carbons (Fsp3) is 0.364. The lowest BCUT2D eigenvalue weighted by Gasteiger charge is -2.08. The molecule has 0 atom stereocenters. The first-order chi connectivity index (χ1) is 8.26.